The lowest BCUT2D eigenvalue weighted by atomic mass is 9.92. The van der Waals surface area contributed by atoms with E-state index in [1.54, 1.807) is 70.8 Å². The quantitative estimate of drug-likeness (QED) is 0.0359. The Balaban J connectivity index is 0.984. The van der Waals surface area contributed by atoms with E-state index in [-0.39, 0.29) is 50.8 Å². The number of carboxylic acid groups (broad SMARTS) is 2. The minimum Gasteiger partial charge on any atom is -0.488 e. The highest BCUT2D eigenvalue weighted by atomic mass is 35.5. The second kappa shape index (κ2) is 25.2. The van der Waals surface area contributed by atoms with Gasteiger partial charge in [0.1, 0.15) is 55.5 Å². The number of carbonyl (C=O) groups is 2. The lowest BCUT2D eigenvalue weighted by Crippen LogP contribution is -2.44. The van der Waals surface area contributed by atoms with Crippen molar-refractivity contribution < 1.29 is 49.0 Å². The van der Waals surface area contributed by atoms with Crippen LogP contribution < -0.4 is 24.3 Å². The summed E-state index contributed by atoms with van der Waals surface area (Å²) in [4.78, 5) is 32.9. The van der Waals surface area contributed by atoms with Crippen molar-refractivity contribution in [3.63, 3.8) is 0 Å². The number of rotatable bonds is 25. The van der Waals surface area contributed by atoms with Crippen molar-refractivity contribution in [3.8, 4) is 45.8 Å². The fourth-order valence-corrected chi connectivity index (χ4v) is 9.00. The number of aliphatic hydroxyl groups excluding tert-OH is 2. The molecule has 0 saturated carbocycles. The largest absolute Gasteiger partial charge is 0.488 e. The molecule has 0 aliphatic carbocycles. The number of aliphatic hydroxyl groups is 2. The van der Waals surface area contributed by atoms with E-state index < -0.39 is 36.1 Å². The normalized spacial score (nSPS) is 12.9. The maximum absolute atomic E-state index is 12.0. The van der Waals surface area contributed by atoms with E-state index >= 15 is 0 Å². The maximum atomic E-state index is 12.0. The molecule has 0 aliphatic rings. The third-order valence-corrected chi connectivity index (χ3v) is 13.5. The summed E-state index contributed by atoms with van der Waals surface area (Å²) in [5.74, 6) is -0.423. The molecular weight excluding hydrogens is 1010 g/mol. The van der Waals surface area contributed by atoms with E-state index in [2.05, 4.69) is 25.5 Å². The number of hydrogen-bond donors (Lipinski definition) is 5. The zero-order valence-corrected chi connectivity index (χ0v) is 43.7. The van der Waals surface area contributed by atoms with E-state index in [9.17, 15) is 30.0 Å². The molecule has 0 aliphatic heterocycles. The van der Waals surface area contributed by atoms with Gasteiger partial charge in [-0.15, -0.1) is 0 Å². The summed E-state index contributed by atoms with van der Waals surface area (Å²) in [6.45, 7) is 7.55. The van der Waals surface area contributed by atoms with Gasteiger partial charge >= 0.3 is 11.9 Å². The first-order valence-corrected chi connectivity index (χ1v) is 25.2. The van der Waals surface area contributed by atoms with Crippen LogP contribution in [0, 0.1) is 19.8 Å². The second-order valence-electron chi connectivity index (χ2n) is 18.2. The van der Waals surface area contributed by atoms with Crippen molar-refractivity contribution in [2.75, 3.05) is 0 Å². The minimum absolute atomic E-state index is 0.0252. The number of carboxylic acids is 2. The Labute approximate surface area is 449 Å². The SMILES string of the molecule is Cc1c(COc2cc(OCc3ccc(-n4cccn4)nc3)c(CC[C@H](C(=O)O)[C@@H](C)O)cc2Cl)cccc1-c1cccc(COc2cc(OCc3ccc(-n4cccn4)nc3)c(CN[C@H](C(=O)O)[C@@H](C)O)cc2Cl)c1C. The number of aryl methyl sites for hydroxylation is 1. The lowest BCUT2D eigenvalue weighted by molar-refractivity contribution is -0.145. The van der Waals surface area contributed by atoms with Gasteiger partial charge in [0, 0.05) is 72.5 Å². The van der Waals surface area contributed by atoms with Gasteiger partial charge in [0.2, 0.25) is 0 Å². The van der Waals surface area contributed by atoms with Gasteiger partial charge in [0.05, 0.1) is 28.2 Å². The number of aliphatic carboxylic acids is 2. The lowest BCUT2D eigenvalue weighted by Gasteiger charge is -2.20. The molecule has 4 atom stereocenters. The van der Waals surface area contributed by atoms with Gasteiger partial charge in [0.15, 0.2) is 11.6 Å². The maximum Gasteiger partial charge on any atom is 0.323 e. The molecule has 5 N–H and O–H groups in total. The van der Waals surface area contributed by atoms with Crippen LogP contribution in [0.1, 0.15) is 64.8 Å². The molecule has 394 valence electrons. The molecule has 8 aromatic rings. The monoisotopic (exact) mass is 1070 g/mol. The first kappa shape index (κ1) is 54.5. The minimum atomic E-state index is -1.23. The van der Waals surface area contributed by atoms with Gasteiger partial charge in [-0.3, -0.25) is 14.9 Å². The summed E-state index contributed by atoms with van der Waals surface area (Å²) in [5.41, 5.74) is 8.52. The van der Waals surface area contributed by atoms with Gasteiger partial charge in [-0.05, 0) is 116 Å². The van der Waals surface area contributed by atoms with Crippen LogP contribution in [0.2, 0.25) is 10.0 Å². The van der Waals surface area contributed by atoms with Crippen LogP contribution in [0.5, 0.6) is 23.0 Å². The summed E-state index contributed by atoms with van der Waals surface area (Å²) in [7, 11) is 0. The molecule has 4 aromatic heterocycles. The van der Waals surface area contributed by atoms with Gasteiger partial charge in [-0.1, -0.05) is 71.7 Å². The number of nitrogens with one attached hydrogen (secondary N) is 1. The fraction of sp³-hybridized carbons (Fsp3) is 0.263. The number of nitrogens with zero attached hydrogens (tertiary/aromatic N) is 6. The molecule has 0 spiro atoms. The molecule has 0 radical (unpaired) electrons. The van der Waals surface area contributed by atoms with Crippen molar-refractivity contribution in [2.24, 2.45) is 5.92 Å². The van der Waals surface area contributed by atoms with Crippen LogP contribution in [-0.4, -0.2) is 80.1 Å². The first-order valence-electron chi connectivity index (χ1n) is 24.4. The molecule has 4 aromatic carbocycles. The summed E-state index contributed by atoms with van der Waals surface area (Å²) in [6.07, 6.45) is 8.53. The average molecular weight is 1070 g/mol. The number of benzene rings is 4. The summed E-state index contributed by atoms with van der Waals surface area (Å²) < 4.78 is 28.8. The highest BCUT2D eigenvalue weighted by Crippen LogP contribution is 2.38. The van der Waals surface area contributed by atoms with E-state index in [1.807, 2.05) is 86.6 Å². The number of aromatic nitrogens is 6. The molecule has 0 bridgehead atoms. The molecule has 0 fully saturated rings. The third kappa shape index (κ3) is 13.5. The fourth-order valence-electron chi connectivity index (χ4n) is 8.52. The third-order valence-electron chi connectivity index (χ3n) is 12.9. The van der Waals surface area contributed by atoms with Crippen molar-refractivity contribution in [3.05, 3.63) is 189 Å². The van der Waals surface area contributed by atoms with Crippen molar-refractivity contribution in [2.45, 2.75) is 91.8 Å². The Hall–Kier alpha value is -7.80. The number of ether oxygens (including phenoxy) is 4. The highest BCUT2D eigenvalue weighted by Gasteiger charge is 2.26. The summed E-state index contributed by atoms with van der Waals surface area (Å²) >= 11 is 13.7. The van der Waals surface area contributed by atoms with Crippen LogP contribution >= 0.6 is 23.2 Å². The van der Waals surface area contributed by atoms with Gasteiger partial charge in [-0.2, -0.15) is 10.2 Å². The predicted molar refractivity (Wildman–Crippen MR) is 285 cm³/mol. The number of pyridine rings is 2. The van der Waals surface area contributed by atoms with E-state index in [0.717, 1.165) is 44.5 Å². The Morgan fingerprint density at radius 1 is 0.592 bits per heavy atom. The standard InChI is InChI=1S/C57H57Cl2N7O10/c1-34-41(32-75-51-25-49(40(23-47(51)58)15-16-46(36(3)67)56(69)70)73-30-38-13-17-53(60-27-38)65-21-7-19-63-65)9-5-11-44(34)45-12-6-10-42(35(45)2)33-76-52-26-50(43(24-48(52)59)29-62-55(37(4)68)57(71)72)74-31-39-14-18-54(61-28-39)66-22-8-20-64-66/h5-14,17-28,36-37,46,55,62,67-68H,15-16,29-33H2,1-4H3,(H,69,70)(H,71,72)/t36-,37-,46+,55+/m1/s1. The van der Waals surface area contributed by atoms with E-state index in [0.29, 0.717) is 50.8 Å². The van der Waals surface area contributed by atoms with Gasteiger partial charge in [0.25, 0.3) is 0 Å². The molecular formula is C57H57Cl2N7O10. The van der Waals surface area contributed by atoms with Crippen LogP contribution in [0.4, 0.5) is 0 Å². The molecule has 0 unspecified atom stereocenters. The van der Waals surface area contributed by atoms with Gasteiger partial charge in [-0.25, -0.2) is 19.3 Å². The highest BCUT2D eigenvalue weighted by molar-refractivity contribution is 6.32. The summed E-state index contributed by atoms with van der Waals surface area (Å²) in [5, 5.41) is 51.8. The van der Waals surface area contributed by atoms with E-state index in [1.165, 1.54) is 13.8 Å². The van der Waals surface area contributed by atoms with Crippen LogP contribution in [-0.2, 0) is 49.0 Å². The van der Waals surface area contributed by atoms with Crippen LogP contribution in [0.15, 0.2) is 134 Å². The molecule has 0 saturated heterocycles. The summed E-state index contributed by atoms with van der Waals surface area (Å²) in [6, 6.07) is 28.6. The zero-order chi connectivity index (χ0) is 53.9. The zero-order valence-electron chi connectivity index (χ0n) is 42.1. The second-order valence-corrected chi connectivity index (χ2v) is 19.0. The Morgan fingerprint density at radius 3 is 1.50 bits per heavy atom. The van der Waals surface area contributed by atoms with Crippen LogP contribution in [0.3, 0.4) is 0 Å². The average Bonchev–Trinajstić information content (AvgIpc) is 4.16. The number of halogens is 2. The van der Waals surface area contributed by atoms with Crippen molar-refractivity contribution in [1.29, 1.82) is 0 Å². The molecule has 76 heavy (non-hydrogen) atoms. The number of hydrogen-bond acceptors (Lipinski definition) is 13. The molecule has 17 nitrogen and oxygen atoms in total. The smallest absolute Gasteiger partial charge is 0.323 e. The van der Waals surface area contributed by atoms with Gasteiger partial charge < -0.3 is 39.4 Å². The topological polar surface area (TPSA) is 225 Å². The predicted octanol–water partition coefficient (Wildman–Crippen LogP) is 9.69. The molecule has 19 heteroatoms. The molecule has 4 heterocycles. The molecule has 8 rings (SSSR count). The van der Waals surface area contributed by atoms with Crippen molar-refractivity contribution >= 4 is 35.1 Å². The van der Waals surface area contributed by atoms with E-state index in [4.69, 9.17) is 42.1 Å². The Morgan fingerprint density at radius 2 is 1.08 bits per heavy atom. The molecule has 0 amide bonds. The Kier molecular flexibility index (Phi) is 18.0. The Bertz CT molecular complexity index is 3030. The van der Waals surface area contributed by atoms with Crippen molar-refractivity contribution in [1.82, 2.24) is 34.8 Å². The van der Waals surface area contributed by atoms with Crippen LogP contribution in [0.25, 0.3) is 22.8 Å². The first-order chi connectivity index (χ1) is 36.6.